The van der Waals surface area contributed by atoms with Crippen LogP contribution in [0.25, 0.3) is 132 Å². The van der Waals surface area contributed by atoms with Gasteiger partial charge in [0.2, 0.25) is 0 Å². The molecule has 0 saturated heterocycles. The second-order valence-electron chi connectivity index (χ2n) is 16.7. The molecule has 0 unspecified atom stereocenters. The fourth-order valence-electron chi connectivity index (χ4n) is 10.2. The minimum absolute atomic E-state index is 0. The predicted octanol–water partition coefficient (Wildman–Crippen LogP) is 14.4. The van der Waals surface area contributed by atoms with Gasteiger partial charge in [0.15, 0.2) is 0 Å². The first-order valence-corrected chi connectivity index (χ1v) is 20.7. The number of benzene rings is 8. The zero-order valence-corrected chi connectivity index (χ0v) is 36.2. The molecule has 0 radical (unpaired) electrons. The smallest absolute Gasteiger partial charge is 0.656 e. The van der Waals surface area contributed by atoms with Crippen molar-refractivity contribution in [3.05, 3.63) is 168 Å². The van der Waals surface area contributed by atoms with Gasteiger partial charge in [0, 0.05) is 22.3 Å². The second-order valence-corrected chi connectivity index (χ2v) is 16.7. The Kier molecular flexibility index (Phi) is 7.71. The third-order valence-electron chi connectivity index (χ3n) is 13.3. The molecule has 5 heterocycles. The van der Waals surface area contributed by atoms with Gasteiger partial charge in [0.25, 0.3) is 0 Å². The number of fused-ring (bicyclic) bond motifs is 24. The third kappa shape index (κ3) is 5.09. The first kappa shape index (κ1) is 36.0. The Labute approximate surface area is 366 Å². The van der Waals surface area contributed by atoms with Crippen molar-refractivity contribution in [1.29, 1.82) is 0 Å². The van der Waals surface area contributed by atoms with Crippen molar-refractivity contribution in [2.75, 3.05) is 0 Å². The molecule has 0 N–H and O–H groups in total. The first-order valence-electron chi connectivity index (χ1n) is 20.7. The number of rotatable bonds is 0. The second kappa shape index (κ2) is 13.1. The van der Waals surface area contributed by atoms with E-state index in [1.54, 1.807) is 0 Å². The first-order chi connectivity index (χ1) is 29.4. The van der Waals surface area contributed by atoms with Crippen molar-refractivity contribution in [1.82, 2.24) is 19.9 Å². The average Bonchev–Trinajstić information content (AvgIpc) is 4.05. The summed E-state index contributed by atoms with van der Waals surface area (Å²) < 4.78 is 0. The van der Waals surface area contributed by atoms with E-state index in [-0.39, 0.29) is 21.1 Å². The van der Waals surface area contributed by atoms with E-state index < -0.39 is 0 Å². The maximum Gasteiger partial charge on any atom is 2.00 e. The molecule has 4 nitrogen and oxygen atoms in total. The normalized spacial score (nSPS) is 12.1. The molecular weight excluding hydrogens is 924 g/mol. The van der Waals surface area contributed by atoms with E-state index in [0.29, 0.717) is 0 Å². The van der Waals surface area contributed by atoms with Crippen LogP contribution >= 0.6 is 0 Å². The van der Waals surface area contributed by atoms with E-state index in [9.17, 15) is 0 Å². The van der Waals surface area contributed by atoms with Crippen LogP contribution in [0.15, 0.2) is 146 Å². The minimum atomic E-state index is 0. The van der Waals surface area contributed by atoms with Crippen LogP contribution < -0.4 is 9.97 Å². The summed E-state index contributed by atoms with van der Waals surface area (Å²) >= 11 is 0. The number of aromatic nitrogens is 4. The topological polar surface area (TPSA) is 54.0 Å². The van der Waals surface area contributed by atoms with Gasteiger partial charge in [-0.15, -0.1) is 22.1 Å². The zero-order valence-electron chi connectivity index (χ0n) is 34.0. The molecule has 2 aliphatic rings. The summed E-state index contributed by atoms with van der Waals surface area (Å²) in [7, 11) is 0. The summed E-state index contributed by atoms with van der Waals surface area (Å²) in [6.45, 7) is 8.81. The Balaban J connectivity index is 0.00000399. The van der Waals surface area contributed by atoms with Crippen molar-refractivity contribution < 1.29 is 21.1 Å². The summed E-state index contributed by atoms with van der Waals surface area (Å²) in [6, 6.07) is 53.0. The number of aryl methyl sites for hydroxylation is 4. The predicted molar refractivity (Wildman–Crippen MR) is 252 cm³/mol. The summed E-state index contributed by atoms with van der Waals surface area (Å²) in [5, 5.41) is 14.0. The molecule has 0 amide bonds. The van der Waals surface area contributed by atoms with E-state index in [2.05, 4.69) is 173 Å². The Bertz CT molecular complexity index is 3440. The Hall–Kier alpha value is -6.87. The third-order valence-corrected chi connectivity index (χ3v) is 13.3. The summed E-state index contributed by atoms with van der Waals surface area (Å²) in [5.41, 5.74) is 16.2. The molecule has 8 bridgehead atoms. The minimum Gasteiger partial charge on any atom is -0.656 e. The number of hydrogen-bond donors (Lipinski definition) is 0. The van der Waals surface area contributed by atoms with Gasteiger partial charge in [-0.1, -0.05) is 97.1 Å². The zero-order chi connectivity index (χ0) is 40.0. The van der Waals surface area contributed by atoms with Crippen molar-refractivity contribution in [3.8, 4) is 45.0 Å². The van der Waals surface area contributed by atoms with Gasteiger partial charge < -0.3 is 9.97 Å². The molecule has 0 fully saturated rings. The average molecular weight is 960 g/mol. The molecule has 0 aliphatic carbocycles. The fourth-order valence-corrected chi connectivity index (χ4v) is 10.2. The molecule has 11 aromatic rings. The molecule has 0 saturated carbocycles. The molecule has 3 aromatic heterocycles. The maximum absolute atomic E-state index is 5.65. The van der Waals surface area contributed by atoms with E-state index in [4.69, 9.17) is 19.9 Å². The number of hydrogen-bond acceptors (Lipinski definition) is 2. The van der Waals surface area contributed by atoms with Crippen LogP contribution in [0.3, 0.4) is 0 Å². The quantitative estimate of drug-likeness (QED) is 0.152. The Morgan fingerprint density at radius 3 is 0.705 bits per heavy atom. The molecule has 13 rings (SSSR count). The van der Waals surface area contributed by atoms with Gasteiger partial charge in [-0.3, -0.25) is 0 Å². The monoisotopic (exact) mass is 959 g/mol. The van der Waals surface area contributed by atoms with E-state index >= 15 is 0 Å². The molecule has 290 valence electrons. The molecule has 5 heteroatoms. The van der Waals surface area contributed by atoms with Crippen LogP contribution in [-0.2, 0) is 21.1 Å². The van der Waals surface area contributed by atoms with Gasteiger partial charge in [-0.25, -0.2) is 9.97 Å². The molecule has 0 atom stereocenters. The maximum atomic E-state index is 5.65. The van der Waals surface area contributed by atoms with Crippen LogP contribution in [0, 0.1) is 27.7 Å². The van der Waals surface area contributed by atoms with Crippen molar-refractivity contribution >= 4 is 86.7 Å². The SMILES string of the molecule is Cc1c2nc(c(C)c3[n-]c(c(C)c4nc(c(C)c5[n-]c1c1cc6ccccc6cc51)-c1cc5ccccc5cc1-4)c1cc4ccccc4cc31)-c1cc3ccccc3cc1-2.[Pt+2]. The van der Waals surface area contributed by atoms with Crippen molar-refractivity contribution in [2.45, 2.75) is 27.7 Å². The Morgan fingerprint density at radius 1 is 0.295 bits per heavy atom. The van der Waals surface area contributed by atoms with Gasteiger partial charge in [-0.05, 0) is 163 Å². The van der Waals surface area contributed by atoms with Crippen LogP contribution in [0.5, 0.6) is 0 Å². The summed E-state index contributed by atoms with van der Waals surface area (Å²) in [6.07, 6.45) is 0. The molecular formula is C56H36N4Pt. The number of nitrogens with zero attached hydrogens (tertiary/aromatic N) is 4. The largest absolute Gasteiger partial charge is 2.00 e. The van der Waals surface area contributed by atoms with Gasteiger partial charge in [0.1, 0.15) is 0 Å². The molecule has 61 heavy (non-hydrogen) atoms. The molecule has 2 aliphatic heterocycles. The van der Waals surface area contributed by atoms with Crippen molar-refractivity contribution in [2.24, 2.45) is 0 Å². The van der Waals surface area contributed by atoms with Crippen LogP contribution in [0.1, 0.15) is 22.3 Å². The van der Waals surface area contributed by atoms with E-state index in [1.807, 2.05) is 0 Å². The standard InChI is InChI=1S/C56H36N4.Pt/c1-29-49-41-21-33-13-5-7-15-35(33)23-43(41)51(57-49)30(2)53-45-25-37-17-9-11-19-39(37)27-47(45)55(59-53)32(4)56-48-28-40-20-12-10-18-38(40)26-46(48)54(60-56)31(3)52-44-24-36-16-8-6-14-34(36)22-42(44)50(29)58-52;/h5-28H,1-4H3;/q-2;+2. The van der Waals surface area contributed by atoms with Crippen LogP contribution in [0.4, 0.5) is 0 Å². The van der Waals surface area contributed by atoms with E-state index in [1.165, 1.54) is 43.1 Å². The summed E-state index contributed by atoms with van der Waals surface area (Å²) in [4.78, 5) is 22.6. The molecule has 0 spiro atoms. The fraction of sp³-hybridized carbons (Fsp3) is 0.0714. The molecule has 8 aromatic carbocycles. The van der Waals surface area contributed by atoms with Crippen LogP contribution in [-0.4, -0.2) is 9.97 Å². The van der Waals surface area contributed by atoms with E-state index in [0.717, 1.165) is 111 Å². The van der Waals surface area contributed by atoms with Gasteiger partial charge in [-0.2, -0.15) is 0 Å². The Morgan fingerprint density at radius 2 is 0.492 bits per heavy atom. The summed E-state index contributed by atoms with van der Waals surface area (Å²) in [5.74, 6) is 0. The van der Waals surface area contributed by atoms with Crippen LogP contribution in [0.2, 0.25) is 0 Å². The van der Waals surface area contributed by atoms with Gasteiger partial charge >= 0.3 is 21.1 Å². The van der Waals surface area contributed by atoms with Gasteiger partial charge in [0.05, 0.1) is 22.8 Å². The van der Waals surface area contributed by atoms with Crippen molar-refractivity contribution in [3.63, 3.8) is 0 Å².